The van der Waals surface area contributed by atoms with Crippen LogP contribution >= 0.6 is 0 Å². The van der Waals surface area contributed by atoms with Crippen molar-refractivity contribution < 1.29 is 0 Å². The predicted molar refractivity (Wildman–Crippen MR) is 93.2 cm³/mol. The number of fused-ring (bicyclic) bond motifs is 3. The molecule has 2 bridgehead atoms. The zero-order valence-corrected chi connectivity index (χ0v) is 13.9. The van der Waals surface area contributed by atoms with Gasteiger partial charge in [-0.25, -0.2) is 9.50 Å². The average Bonchev–Trinajstić information content (AvgIpc) is 3.27. The molecular formula is C18H20N6. The summed E-state index contributed by atoms with van der Waals surface area (Å²) < 4.78 is 1.98. The van der Waals surface area contributed by atoms with Gasteiger partial charge >= 0.3 is 0 Å². The van der Waals surface area contributed by atoms with E-state index in [9.17, 15) is 0 Å². The van der Waals surface area contributed by atoms with Gasteiger partial charge in [-0.3, -0.25) is 4.98 Å². The fourth-order valence-corrected chi connectivity index (χ4v) is 4.05. The Labute approximate surface area is 140 Å². The summed E-state index contributed by atoms with van der Waals surface area (Å²) in [5.41, 5.74) is 5.06. The van der Waals surface area contributed by atoms with Crippen LogP contribution in [0.5, 0.6) is 0 Å². The second-order valence-corrected chi connectivity index (χ2v) is 6.84. The van der Waals surface area contributed by atoms with Gasteiger partial charge in [0.15, 0.2) is 5.65 Å². The summed E-state index contributed by atoms with van der Waals surface area (Å²) in [6.07, 6.45) is 3.07. The zero-order chi connectivity index (χ0) is 16.3. The maximum atomic E-state index is 4.93. The van der Waals surface area contributed by atoms with E-state index >= 15 is 0 Å². The SMILES string of the molecule is Cc1cc(-c2c(C)nc3ccc(N4CC5CC4CN5)nn23)ccn1. The number of aryl methyl sites for hydroxylation is 2. The minimum Gasteiger partial charge on any atom is -0.349 e. The lowest BCUT2D eigenvalue weighted by Gasteiger charge is -2.28. The average molecular weight is 320 g/mol. The number of piperazine rings is 1. The van der Waals surface area contributed by atoms with Crippen LogP contribution in [0.15, 0.2) is 30.5 Å². The Morgan fingerprint density at radius 1 is 1.21 bits per heavy atom. The highest BCUT2D eigenvalue weighted by molar-refractivity contribution is 5.67. The lowest BCUT2D eigenvalue weighted by molar-refractivity contribution is 0.573. The van der Waals surface area contributed by atoms with Crippen molar-refractivity contribution in [2.24, 2.45) is 0 Å². The molecular weight excluding hydrogens is 300 g/mol. The first-order valence-corrected chi connectivity index (χ1v) is 8.48. The normalized spacial score (nSPS) is 22.7. The van der Waals surface area contributed by atoms with Crippen LogP contribution < -0.4 is 10.2 Å². The molecule has 2 fully saturated rings. The molecule has 0 aliphatic carbocycles. The molecule has 2 aliphatic rings. The number of hydrogen-bond acceptors (Lipinski definition) is 5. The first kappa shape index (κ1) is 13.9. The Morgan fingerprint density at radius 3 is 2.88 bits per heavy atom. The van der Waals surface area contributed by atoms with Gasteiger partial charge in [-0.2, -0.15) is 0 Å². The fourth-order valence-electron chi connectivity index (χ4n) is 4.05. The molecule has 2 saturated heterocycles. The van der Waals surface area contributed by atoms with Gasteiger partial charge in [-0.15, -0.1) is 5.10 Å². The molecule has 1 N–H and O–H groups in total. The third kappa shape index (κ3) is 2.03. The number of hydrogen-bond donors (Lipinski definition) is 1. The van der Waals surface area contributed by atoms with E-state index in [0.717, 1.165) is 47.2 Å². The highest BCUT2D eigenvalue weighted by Crippen LogP contribution is 2.30. The van der Waals surface area contributed by atoms with E-state index in [-0.39, 0.29) is 0 Å². The highest BCUT2D eigenvalue weighted by Gasteiger charge is 2.38. The van der Waals surface area contributed by atoms with Crippen LogP contribution in [-0.2, 0) is 0 Å². The van der Waals surface area contributed by atoms with Crippen molar-refractivity contribution in [3.8, 4) is 11.3 Å². The second-order valence-electron chi connectivity index (χ2n) is 6.84. The smallest absolute Gasteiger partial charge is 0.154 e. The molecule has 0 aromatic carbocycles. The van der Waals surface area contributed by atoms with Crippen LogP contribution in [0.4, 0.5) is 5.82 Å². The Bertz CT molecular complexity index is 930. The minimum atomic E-state index is 0.566. The lowest BCUT2D eigenvalue weighted by atomic mass is 10.1. The molecule has 122 valence electrons. The quantitative estimate of drug-likeness (QED) is 0.782. The first-order chi connectivity index (χ1) is 11.7. The van der Waals surface area contributed by atoms with Gasteiger partial charge < -0.3 is 10.2 Å². The molecule has 3 aromatic heterocycles. The maximum Gasteiger partial charge on any atom is 0.154 e. The van der Waals surface area contributed by atoms with Gasteiger partial charge in [0.05, 0.1) is 11.4 Å². The van der Waals surface area contributed by atoms with Crippen molar-refractivity contribution in [3.05, 3.63) is 41.9 Å². The molecule has 0 amide bonds. The monoisotopic (exact) mass is 320 g/mol. The third-order valence-electron chi connectivity index (χ3n) is 5.16. The fraction of sp³-hybridized carbons (Fsp3) is 0.389. The van der Waals surface area contributed by atoms with E-state index in [4.69, 9.17) is 5.10 Å². The molecule has 2 aliphatic heterocycles. The predicted octanol–water partition coefficient (Wildman–Crippen LogP) is 1.96. The standard InChI is InChI=1S/C18H20N6/c1-11-7-13(5-6-19-11)18-12(2)21-16-3-4-17(22-24(16)18)23-10-14-8-15(23)9-20-14/h3-7,14-15,20H,8-10H2,1-2H3. The number of nitrogens with one attached hydrogen (secondary N) is 1. The van der Waals surface area contributed by atoms with Gasteiger partial charge in [0, 0.05) is 42.6 Å². The summed E-state index contributed by atoms with van der Waals surface area (Å²) in [6.45, 7) is 6.15. The Morgan fingerprint density at radius 2 is 2.12 bits per heavy atom. The van der Waals surface area contributed by atoms with Crippen LogP contribution in [0.2, 0.25) is 0 Å². The van der Waals surface area contributed by atoms with Crippen molar-refractivity contribution in [1.82, 2.24) is 24.9 Å². The summed E-state index contributed by atoms with van der Waals surface area (Å²) in [5, 5.41) is 8.48. The summed E-state index contributed by atoms with van der Waals surface area (Å²) in [7, 11) is 0. The summed E-state index contributed by atoms with van der Waals surface area (Å²) in [4.78, 5) is 11.4. The van der Waals surface area contributed by atoms with Crippen LogP contribution in [-0.4, -0.2) is 44.8 Å². The molecule has 3 aromatic rings. The Hall–Kier alpha value is -2.47. The minimum absolute atomic E-state index is 0.566. The van der Waals surface area contributed by atoms with Crippen LogP contribution in [0.25, 0.3) is 16.9 Å². The topological polar surface area (TPSA) is 58.4 Å². The van der Waals surface area contributed by atoms with E-state index in [0.29, 0.717) is 12.1 Å². The molecule has 0 spiro atoms. The van der Waals surface area contributed by atoms with Crippen LogP contribution in [0.3, 0.4) is 0 Å². The molecule has 2 unspecified atom stereocenters. The second kappa shape index (κ2) is 5.01. The number of nitrogens with zero attached hydrogens (tertiary/aromatic N) is 5. The molecule has 0 radical (unpaired) electrons. The molecule has 24 heavy (non-hydrogen) atoms. The van der Waals surface area contributed by atoms with Crippen molar-refractivity contribution in [2.45, 2.75) is 32.4 Å². The summed E-state index contributed by atoms with van der Waals surface area (Å²) in [5.74, 6) is 1.04. The van der Waals surface area contributed by atoms with Crippen molar-refractivity contribution in [1.29, 1.82) is 0 Å². The molecule has 5 rings (SSSR count). The van der Waals surface area contributed by atoms with Crippen LogP contribution in [0, 0.1) is 13.8 Å². The van der Waals surface area contributed by atoms with E-state index in [1.54, 1.807) is 0 Å². The summed E-state index contributed by atoms with van der Waals surface area (Å²) >= 11 is 0. The molecule has 0 saturated carbocycles. The third-order valence-corrected chi connectivity index (χ3v) is 5.16. The van der Waals surface area contributed by atoms with Crippen molar-refractivity contribution in [3.63, 3.8) is 0 Å². The number of imidazole rings is 1. The van der Waals surface area contributed by atoms with Crippen molar-refractivity contribution in [2.75, 3.05) is 18.0 Å². The van der Waals surface area contributed by atoms with Crippen molar-refractivity contribution >= 4 is 11.5 Å². The zero-order valence-electron chi connectivity index (χ0n) is 13.9. The van der Waals surface area contributed by atoms with E-state index in [1.165, 1.54) is 6.42 Å². The maximum absolute atomic E-state index is 4.93. The van der Waals surface area contributed by atoms with Gasteiger partial charge in [0.2, 0.25) is 0 Å². The molecule has 6 heteroatoms. The van der Waals surface area contributed by atoms with Crippen LogP contribution in [0.1, 0.15) is 17.8 Å². The van der Waals surface area contributed by atoms with Gasteiger partial charge in [-0.05, 0) is 44.5 Å². The summed E-state index contributed by atoms with van der Waals surface area (Å²) in [6, 6.07) is 9.47. The Balaban J connectivity index is 1.65. The van der Waals surface area contributed by atoms with E-state index < -0.39 is 0 Å². The largest absolute Gasteiger partial charge is 0.349 e. The number of pyridine rings is 1. The van der Waals surface area contributed by atoms with Gasteiger partial charge in [0.25, 0.3) is 0 Å². The Kier molecular flexibility index (Phi) is 2.91. The number of aromatic nitrogens is 4. The van der Waals surface area contributed by atoms with Gasteiger partial charge in [-0.1, -0.05) is 0 Å². The molecule has 2 atom stereocenters. The first-order valence-electron chi connectivity index (χ1n) is 8.48. The van der Waals surface area contributed by atoms with E-state index in [1.807, 2.05) is 30.6 Å². The van der Waals surface area contributed by atoms with Gasteiger partial charge in [0.1, 0.15) is 5.82 Å². The molecule has 5 heterocycles. The number of anilines is 1. The van der Waals surface area contributed by atoms with E-state index in [2.05, 4.69) is 38.4 Å². The lowest BCUT2D eigenvalue weighted by Crippen LogP contribution is -2.44. The molecule has 6 nitrogen and oxygen atoms in total. The highest BCUT2D eigenvalue weighted by atomic mass is 15.4. The number of rotatable bonds is 2.